The normalized spacial score (nSPS) is 12.6. The Bertz CT molecular complexity index is 334. The number of rotatable bonds is 5. The SMILES string of the molecule is COC(CN)C(=O)N[C@@H](C)c1cccnc1.Cl.Cl. The number of amides is 1. The van der Waals surface area contributed by atoms with Crippen molar-refractivity contribution in [1.82, 2.24) is 10.3 Å². The number of hydrogen-bond acceptors (Lipinski definition) is 4. The van der Waals surface area contributed by atoms with E-state index in [1.807, 2.05) is 19.1 Å². The van der Waals surface area contributed by atoms with Crippen molar-refractivity contribution in [3.63, 3.8) is 0 Å². The first-order valence-corrected chi connectivity index (χ1v) is 5.12. The fraction of sp³-hybridized carbons (Fsp3) is 0.455. The number of halogens is 2. The Kier molecular flexibility index (Phi) is 10.9. The summed E-state index contributed by atoms with van der Waals surface area (Å²) in [5, 5.41) is 2.81. The van der Waals surface area contributed by atoms with Gasteiger partial charge in [0.15, 0.2) is 0 Å². The molecule has 3 N–H and O–H groups in total. The minimum atomic E-state index is -0.598. The lowest BCUT2D eigenvalue weighted by Crippen LogP contribution is -2.41. The van der Waals surface area contributed by atoms with E-state index in [1.165, 1.54) is 7.11 Å². The van der Waals surface area contributed by atoms with E-state index in [9.17, 15) is 4.79 Å². The highest BCUT2D eigenvalue weighted by molar-refractivity contribution is 5.85. The van der Waals surface area contributed by atoms with Crippen molar-refractivity contribution in [2.75, 3.05) is 13.7 Å². The first kappa shape index (κ1) is 19.5. The molecule has 18 heavy (non-hydrogen) atoms. The van der Waals surface area contributed by atoms with E-state index in [1.54, 1.807) is 12.4 Å². The minimum absolute atomic E-state index is 0. The summed E-state index contributed by atoms with van der Waals surface area (Å²) in [6.07, 6.45) is 2.81. The molecule has 1 rings (SSSR count). The smallest absolute Gasteiger partial charge is 0.250 e. The molecule has 0 aliphatic carbocycles. The van der Waals surface area contributed by atoms with Gasteiger partial charge < -0.3 is 15.8 Å². The number of carbonyl (C=O) groups is 1. The molecule has 0 aliphatic heterocycles. The Morgan fingerprint density at radius 3 is 2.67 bits per heavy atom. The molecule has 1 aromatic rings. The van der Waals surface area contributed by atoms with Gasteiger partial charge in [-0.3, -0.25) is 9.78 Å². The predicted molar refractivity (Wildman–Crippen MR) is 75.1 cm³/mol. The lowest BCUT2D eigenvalue weighted by atomic mass is 10.1. The van der Waals surface area contributed by atoms with Gasteiger partial charge in [0, 0.05) is 26.0 Å². The van der Waals surface area contributed by atoms with Gasteiger partial charge in [-0.05, 0) is 18.6 Å². The molecule has 0 fully saturated rings. The lowest BCUT2D eigenvalue weighted by molar-refractivity contribution is -0.131. The topological polar surface area (TPSA) is 77.2 Å². The van der Waals surface area contributed by atoms with Crippen LogP contribution in [0.2, 0.25) is 0 Å². The van der Waals surface area contributed by atoms with Crippen molar-refractivity contribution in [2.24, 2.45) is 5.73 Å². The number of nitrogens with one attached hydrogen (secondary N) is 1. The molecule has 1 aromatic heterocycles. The molecule has 5 nitrogen and oxygen atoms in total. The summed E-state index contributed by atoms with van der Waals surface area (Å²) < 4.78 is 4.95. The summed E-state index contributed by atoms with van der Waals surface area (Å²) in [7, 11) is 1.46. The average molecular weight is 296 g/mol. The fourth-order valence-electron chi connectivity index (χ4n) is 1.33. The monoisotopic (exact) mass is 295 g/mol. The van der Waals surface area contributed by atoms with E-state index in [4.69, 9.17) is 10.5 Å². The van der Waals surface area contributed by atoms with Crippen LogP contribution in [0.25, 0.3) is 0 Å². The maximum Gasteiger partial charge on any atom is 0.250 e. The molecule has 2 atom stereocenters. The van der Waals surface area contributed by atoms with E-state index >= 15 is 0 Å². The van der Waals surface area contributed by atoms with Crippen molar-refractivity contribution in [2.45, 2.75) is 19.1 Å². The van der Waals surface area contributed by atoms with Crippen molar-refractivity contribution >= 4 is 30.7 Å². The predicted octanol–water partition coefficient (Wildman–Crippen LogP) is 1.08. The van der Waals surface area contributed by atoms with Crippen molar-refractivity contribution in [1.29, 1.82) is 0 Å². The number of ether oxygens (including phenoxy) is 1. The van der Waals surface area contributed by atoms with Crippen LogP contribution in [-0.2, 0) is 9.53 Å². The largest absolute Gasteiger partial charge is 0.370 e. The first-order chi connectivity index (χ1) is 7.69. The zero-order valence-electron chi connectivity index (χ0n) is 10.3. The second kappa shape index (κ2) is 10.1. The molecule has 1 unspecified atom stereocenters. The van der Waals surface area contributed by atoms with Crippen molar-refractivity contribution in [3.05, 3.63) is 30.1 Å². The van der Waals surface area contributed by atoms with E-state index in [2.05, 4.69) is 10.3 Å². The highest BCUT2D eigenvalue weighted by Crippen LogP contribution is 2.09. The molecule has 0 saturated heterocycles. The molecule has 0 aromatic carbocycles. The summed E-state index contributed by atoms with van der Waals surface area (Å²) in [4.78, 5) is 15.6. The van der Waals surface area contributed by atoms with Crippen LogP contribution >= 0.6 is 24.8 Å². The van der Waals surface area contributed by atoms with Crippen LogP contribution in [0.5, 0.6) is 0 Å². The molecule has 1 heterocycles. The number of nitrogens with two attached hydrogens (primary N) is 1. The van der Waals surface area contributed by atoms with Crippen LogP contribution < -0.4 is 11.1 Å². The molecular weight excluding hydrogens is 277 g/mol. The maximum absolute atomic E-state index is 11.7. The van der Waals surface area contributed by atoms with Crippen LogP contribution in [0, 0.1) is 0 Å². The van der Waals surface area contributed by atoms with Gasteiger partial charge in [-0.25, -0.2) is 0 Å². The van der Waals surface area contributed by atoms with Crippen LogP contribution in [0.1, 0.15) is 18.5 Å². The Balaban J connectivity index is 0. The van der Waals surface area contributed by atoms with Gasteiger partial charge in [0.1, 0.15) is 6.10 Å². The zero-order chi connectivity index (χ0) is 12.0. The Hall–Kier alpha value is -0.880. The fourth-order valence-corrected chi connectivity index (χ4v) is 1.33. The average Bonchev–Trinajstić information content (AvgIpc) is 2.31. The third-order valence-electron chi connectivity index (χ3n) is 2.33. The van der Waals surface area contributed by atoms with Crippen LogP contribution in [0.4, 0.5) is 0 Å². The van der Waals surface area contributed by atoms with Gasteiger partial charge >= 0.3 is 0 Å². The number of hydrogen-bond donors (Lipinski definition) is 2. The molecule has 1 amide bonds. The van der Waals surface area contributed by atoms with E-state index < -0.39 is 6.10 Å². The van der Waals surface area contributed by atoms with Crippen molar-refractivity contribution < 1.29 is 9.53 Å². The first-order valence-electron chi connectivity index (χ1n) is 5.12. The molecule has 104 valence electrons. The van der Waals surface area contributed by atoms with Crippen LogP contribution in [0.3, 0.4) is 0 Å². The van der Waals surface area contributed by atoms with Gasteiger partial charge in [0.25, 0.3) is 5.91 Å². The quantitative estimate of drug-likeness (QED) is 0.852. The molecule has 0 spiro atoms. The highest BCUT2D eigenvalue weighted by Gasteiger charge is 2.18. The number of pyridine rings is 1. The molecule has 0 bridgehead atoms. The second-order valence-corrected chi connectivity index (χ2v) is 3.48. The molecular formula is C11H19Cl2N3O2. The number of nitrogens with zero attached hydrogens (tertiary/aromatic N) is 1. The molecule has 0 radical (unpaired) electrons. The van der Waals surface area contributed by atoms with Crippen LogP contribution in [-0.4, -0.2) is 30.6 Å². The maximum atomic E-state index is 11.7. The van der Waals surface area contributed by atoms with E-state index in [-0.39, 0.29) is 43.3 Å². The third kappa shape index (κ3) is 5.64. The van der Waals surface area contributed by atoms with E-state index in [0.717, 1.165) is 5.56 Å². The number of aromatic nitrogens is 1. The molecule has 0 saturated carbocycles. The summed E-state index contributed by atoms with van der Waals surface area (Å²) in [6, 6.07) is 3.63. The molecule has 7 heteroatoms. The van der Waals surface area contributed by atoms with E-state index in [0.29, 0.717) is 0 Å². The van der Waals surface area contributed by atoms with Gasteiger partial charge in [-0.1, -0.05) is 6.07 Å². The number of methoxy groups -OCH3 is 1. The third-order valence-corrected chi connectivity index (χ3v) is 2.33. The molecule has 0 aliphatic rings. The lowest BCUT2D eigenvalue weighted by Gasteiger charge is -2.18. The van der Waals surface area contributed by atoms with Gasteiger partial charge in [-0.15, -0.1) is 24.8 Å². The summed E-state index contributed by atoms with van der Waals surface area (Å²) in [5.74, 6) is -0.207. The number of carbonyl (C=O) groups excluding carboxylic acids is 1. The second-order valence-electron chi connectivity index (χ2n) is 3.48. The zero-order valence-corrected chi connectivity index (χ0v) is 12.0. The Morgan fingerprint density at radius 2 is 2.22 bits per heavy atom. The highest BCUT2D eigenvalue weighted by atomic mass is 35.5. The standard InChI is InChI=1S/C11H17N3O2.2ClH/c1-8(9-4-3-5-13-7-9)14-11(15)10(6-12)16-2;;/h3-5,7-8,10H,6,12H2,1-2H3,(H,14,15);2*1H/t8-,10?;;/m0../s1. The summed E-state index contributed by atoms with van der Waals surface area (Å²) >= 11 is 0. The summed E-state index contributed by atoms with van der Waals surface area (Å²) in [6.45, 7) is 2.06. The van der Waals surface area contributed by atoms with Gasteiger partial charge in [-0.2, -0.15) is 0 Å². The Morgan fingerprint density at radius 1 is 1.56 bits per heavy atom. The van der Waals surface area contributed by atoms with Crippen LogP contribution in [0.15, 0.2) is 24.5 Å². The van der Waals surface area contributed by atoms with Crippen molar-refractivity contribution in [3.8, 4) is 0 Å². The van der Waals surface area contributed by atoms with Gasteiger partial charge in [0.2, 0.25) is 0 Å². The Labute approximate surface area is 119 Å². The summed E-state index contributed by atoms with van der Waals surface area (Å²) in [5.41, 5.74) is 6.35. The van der Waals surface area contributed by atoms with Gasteiger partial charge in [0.05, 0.1) is 6.04 Å². The minimum Gasteiger partial charge on any atom is -0.370 e.